The molecule has 1 heterocycles. The van der Waals surface area contributed by atoms with Crippen LogP contribution in [0.25, 0.3) is 0 Å². The molecule has 0 radical (unpaired) electrons. The second kappa shape index (κ2) is 8.56. The molecule has 0 spiro atoms. The minimum absolute atomic E-state index is 0.289. The summed E-state index contributed by atoms with van der Waals surface area (Å²) < 4.78 is 5.04. The third kappa shape index (κ3) is 5.59. The number of rotatable bonds is 8. The van der Waals surface area contributed by atoms with Gasteiger partial charge in [0.2, 0.25) is 0 Å². The minimum atomic E-state index is -0.322. The van der Waals surface area contributed by atoms with Crippen LogP contribution in [0, 0.1) is 5.92 Å². The Kier molecular flexibility index (Phi) is 7.05. The van der Waals surface area contributed by atoms with Gasteiger partial charge in [-0.1, -0.05) is 26.7 Å². The Morgan fingerprint density at radius 2 is 2.10 bits per heavy atom. The van der Waals surface area contributed by atoms with E-state index in [9.17, 15) is 4.79 Å². The van der Waals surface area contributed by atoms with E-state index < -0.39 is 0 Å². The normalized spacial score (nSPS) is 12.2. The van der Waals surface area contributed by atoms with Crippen molar-refractivity contribution < 1.29 is 9.53 Å². The first-order valence-corrected chi connectivity index (χ1v) is 7.43. The van der Waals surface area contributed by atoms with Gasteiger partial charge in [-0.3, -0.25) is 0 Å². The fourth-order valence-electron chi connectivity index (χ4n) is 2.03. The molecule has 4 nitrogen and oxygen atoms in total. The molecule has 0 amide bonds. The Hall–Kier alpha value is -1.58. The lowest BCUT2D eigenvalue weighted by atomic mass is 10.0. The van der Waals surface area contributed by atoms with Gasteiger partial charge in [-0.05, 0) is 38.3 Å². The topological polar surface area (TPSA) is 51.2 Å². The molecule has 0 aromatic carbocycles. The number of nitrogens with zero attached hydrogens (tertiary/aromatic N) is 1. The fourth-order valence-corrected chi connectivity index (χ4v) is 2.03. The van der Waals surface area contributed by atoms with E-state index in [1.54, 1.807) is 25.3 Å². The van der Waals surface area contributed by atoms with Crippen LogP contribution in [-0.4, -0.2) is 23.6 Å². The van der Waals surface area contributed by atoms with Crippen LogP contribution in [0.3, 0.4) is 0 Å². The molecule has 0 saturated heterocycles. The van der Waals surface area contributed by atoms with Gasteiger partial charge in [-0.15, -0.1) is 0 Å². The van der Waals surface area contributed by atoms with Crippen LogP contribution in [0.5, 0.6) is 0 Å². The lowest BCUT2D eigenvalue weighted by Crippen LogP contribution is -2.19. The predicted molar refractivity (Wildman–Crippen MR) is 82.0 cm³/mol. The van der Waals surface area contributed by atoms with Crippen molar-refractivity contribution in [3.8, 4) is 0 Å². The summed E-state index contributed by atoms with van der Waals surface area (Å²) in [6, 6.07) is 3.78. The van der Waals surface area contributed by atoms with Crippen LogP contribution >= 0.6 is 0 Å². The smallest absolute Gasteiger partial charge is 0.341 e. The molecular formula is C16H26N2O2. The Morgan fingerprint density at radius 1 is 1.35 bits per heavy atom. The second-order valence-corrected chi connectivity index (χ2v) is 5.49. The number of nitrogens with one attached hydrogen (secondary N) is 1. The number of esters is 1. The molecule has 0 aliphatic carbocycles. The molecular weight excluding hydrogens is 252 g/mol. The molecule has 0 fully saturated rings. The molecule has 112 valence electrons. The van der Waals surface area contributed by atoms with Crippen molar-refractivity contribution in [2.24, 2.45) is 5.92 Å². The highest BCUT2D eigenvalue weighted by molar-refractivity contribution is 5.94. The first kappa shape index (κ1) is 16.5. The molecule has 0 saturated carbocycles. The quantitative estimate of drug-likeness (QED) is 0.733. The molecule has 0 bridgehead atoms. The van der Waals surface area contributed by atoms with Crippen molar-refractivity contribution in [1.29, 1.82) is 0 Å². The van der Waals surface area contributed by atoms with Crippen molar-refractivity contribution in [2.45, 2.75) is 53.0 Å². The number of hydrogen-bond acceptors (Lipinski definition) is 4. The molecule has 1 aromatic rings. The maximum Gasteiger partial charge on any atom is 0.341 e. The van der Waals surface area contributed by atoms with E-state index in [0.717, 1.165) is 12.3 Å². The van der Waals surface area contributed by atoms with Gasteiger partial charge in [0.1, 0.15) is 11.4 Å². The number of ether oxygens (including phenoxy) is 1. The lowest BCUT2D eigenvalue weighted by Gasteiger charge is -2.17. The van der Waals surface area contributed by atoms with Crippen molar-refractivity contribution in [2.75, 3.05) is 11.9 Å². The lowest BCUT2D eigenvalue weighted by molar-refractivity contribution is 0.0527. The average Bonchev–Trinajstić information content (AvgIpc) is 2.39. The maximum atomic E-state index is 11.8. The number of anilines is 1. The maximum absolute atomic E-state index is 11.8. The van der Waals surface area contributed by atoms with Gasteiger partial charge in [0, 0.05) is 12.2 Å². The van der Waals surface area contributed by atoms with Crippen molar-refractivity contribution in [3.05, 3.63) is 23.9 Å². The van der Waals surface area contributed by atoms with Crippen LogP contribution in [0.15, 0.2) is 18.3 Å². The van der Waals surface area contributed by atoms with E-state index in [1.807, 2.05) is 0 Å². The number of carbonyl (C=O) groups excluding carboxylic acids is 1. The van der Waals surface area contributed by atoms with Gasteiger partial charge in [0.25, 0.3) is 0 Å². The molecule has 0 aliphatic heterocycles. The predicted octanol–water partition coefficient (Wildman–Crippen LogP) is 3.89. The van der Waals surface area contributed by atoms with E-state index >= 15 is 0 Å². The Bertz CT molecular complexity index is 419. The van der Waals surface area contributed by atoms with E-state index in [4.69, 9.17) is 4.74 Å². The van der Waals surface area contributed by atoms with Crippen molar-refractivity contribution in [1.82, 2.24) is 4.98 Å². The molecule has 1 unspecified atom stereocenters. The number of aromatic nitrogens is 1. The number of pyridine rings is 1. The Morgan fingerprint density at radius 3 is 2.75 bits per heavy atom. The SMILES string of the molecule is CCOC(=O)c1cccnc1NC(C)CCCC(C)C. The summed E-state index contributed by atoms with van der Waals surface area (Å²) in [5.74, 6) is 1.02. The highest BCUT2D eigenvalue weighted by Crippen LogP contribution is 2.16. The molecule has 4 heteroatoms. The van der Waals surface area contributed by atoms with Crippen molar-refractivity contribution in [3.63, 3.8) is 0 Å². The number of carbonyl (C=O) groups is 1. The van der Waals surface area contributed by atoms with E-state index in [0.29, 0.717) is 18.0 Å². The summed E-state index contributed by atoms with van der Waals surface area (Å²) in [5, 5.41) is 3.31. The summed E-state index contributed by atoms with van der Waals surface area (Å²) in [4.78, 5) is 16.1. The summed E-state index contributed by atoms with van der Waals surface area (Å²) in [7, 11) is 0. The van der Waals surface area contributed by atoms with E-state index in [-0.39, 0.29) is 12.0 Å². The first-order chi connectivity index (χ1) is 9.54. The zero-order valence-electron chi connectivity index (χ0n) is 13.0. The summed E-state index contributed by atoms with van der Waals surface area (Å²) in [5.41, 5.74) is 0.505. The van der Waals surface area contributed by atoms with Crippen LogP contribution in [0.4, 0.5) is 5.82 Å². The van der Waals surface area contributed by atoms with Gasteiger partial charge in [-0.2, -0.15) is 0 Å². The minimum Gasteiger partial charge on any atom is -0.462 e. The van der Waals surface area contributed by atoms with Crippen LogP contribution < -0.4 is 5.32 Å². The molecule has 1 rings (SSSR count). The van der Waals surface area contributed by atoms with Crippen LogP contribution in [0.1, 0.15) is 57.3 Å². The van der Waals surface area contributed by atoms with Gasteiger partial charge in [0.05, 0.1) is 6.61 Å². The molecule has 1 aromatic heterocycles. The van der Waals surface area contributed by atoms with Crippen molar-refractivity contribution >= 4 is 11.8 Å². The van der Waals surface area contributed by atoms with Gasteiger partial charge in [0.15, 0.2) is 0 Å². The molecule has 0 aliphatic rings. The third-order valence-corrected chi connectivity index (χ3v) is 3.10. The fraction of sp³-hybridized carbons (Fsp3) is 0.625. The highest BCUT2D eigenvalue weighted by Gasteiger charge is 2.14. The van der Waals surface area contributed by atoms with E-state index in [1.165, 1.54) is 12.8 Å². The Labute approximate surface area is 121 Å². The van der Waals surface area contributed by atoms with Crippen LogP contribution in [0.2, 0.25) is 0 Å². The second-order valence-electron chi connectivity index (χ2n) is 5.49. The average molecular weight is 278 g/mol. The van der Waals surface area contributed by atoms with E-state index in [2.05, 4.69) is 31.1 Å². The summed E-state index contributed by atoms with van der Waals surface area (Å²) in [6.45, 7) is 8.75. The van der Waals surface area contributed by atoms with Gasteiger partial charge < -0.3 is 10.1 Å². The third-order valence-electron chi connectivity index (χ3n) is 3.10. The van der Waals surface area contributed by atoms with Gasteiger partial charge >= 0.3 is 5.97 Å². The zero-order valence-corrected chi connectivity index (χ0v) is 13.0. The zero-order chi connectivity index (χ0) is 15.0. The highest BCUT2D eigenvalue weighted by atomic mass is 16.5. The molecule has 1 N–H and O–H groups in total. The Balaban J connectivity index is 2.60. The summed E-state index contributed by atoms with van der Waals surface area (Å²) in [6.07, 6.45) is 5.15. The first-order valence-electron chi connectivity index (χ1n) is 7.43. The largest absolute Gasteiger partial charge is 0.462 e. The molecule has 20 heavy (non-hydrogen) atoms. The monoisotopic (exact) mass is 278 g/mol. The summed E-state index contributed by atoms with van der Waals surface area (Å²) >= 11 is 0. The standard InChI is InChI=1S/C16H26N2O2/c1-5-20-16(19)14-10-7-11-17-15(14)18-13(4)9-6-8-12(2)3/h7,10-13H,5-6,8-9H2,1-4H3,(H,17,18). The van der Waals surface area contributed by atoms with Crippen LogP contribution in [-0.2, 0) is 4.74 Å². The molecule has 1 atom stereocenters. The van der Waals surface area contributed by atoms with Gasteiger partial charge in [-0.25, -0.2) is 9.78 Å². The number of hydrogen-bond donors (Lipinski definition) is 1.